The van der Waals surface area contributed by atoms with Crippen molar-refractivity contribution in [2.75, 3.05) is 0 Å². The average Bonchev–Trinajstić information content (AvgIpc) is 3.10. The maximum atomic E-state index is 4.57. The van der Waals surface area contributed by atoms with E-state index in [-0.39, 0.29) is 0 Å². The van der Waals surface area contributed by atoms with Crippen LogP contribution in [0.4, 0.5) is 0 Å². The van der Waals surface area contributed by atoms with Gasteiger partial charge in [0, 0.05) is 18.9 Å². The molecule has 0 amide bonds. The number of aryl methyl sites for hydroxylation is 2. The van der Waals surface area contributed by atoms with Crippen molar-refractivity contribution in [3.05, 3.63) is 36.3 Å². The molecular weight excluding hydrogens is 256 g/mol. The minimum Gasteiger partial charge on any atom is -0.262 e. The van der Waals surface area contributed by atoms with Crippen molar-refractivity contribution in [3.63, 3.8) is 0 Å². The zero-order valence-electron chi connectivity index (χ0n) is 11.1. The second kappa shape index (κ2) is 3.86. The van der Waals surface area contributed by atoms with E-state index in [2.05, 4.69) is 25.3 Å². The molecule has 20 heavy (non-hydrogen) atoms. The Balaban J connectivity index is 1.86. The first kappa shape index (κ1) is 11.1. The summed E-state index contributed by atoms with van der Waals surface area (Å²) in [6.07, 6.45) is 5.19. The molecule has 100 valence electrons. The second-order valence-electron chi connectivity index (χ2n) is 4.68. The van der Waals surface area contributed by atoms with Crippen LogP contribution >= 0.6 is 0 Å². The molecule has 8 heteroatoms. The lowest BCUT2D eigenvalue weighted by Crippen LogP contribution is -2.05. The molecule has 0 saturated heterocycles. The molecular formula is C12H12N8. The lowest BCUT2D eigenvalue weighted by atomic mass is 10.4. The number of hydrogen-bond acceptors (Lipinski definition) is 5. The molecule has 0 aliphatic heterocycles. The molecule has 0 aromatic carbocycles. The first-order valence-electron chi connectivity index (χ1n) is 6.23. The molecule has 0 spiro atoms. The predicted octanol–water partition coefficient (Wildman–Crippen LogP) is 0.564. The molecule has 0 bridgehead atoms. The van der Waals surface area contributed by atoms with Crippen molar-refractivity contribution in [2.45, 2.75) is 13.5 Å². The summed E-state index contributed by atoms with van der Waals surface area (Å²) >= 11 is 0. The molecule has 0 atom stereocenters. The van der Waals surface area contributed by atoms with Crippen LogP contribution < -0.4 is 0 Å². The molecule has 0 aliphatic rings. The molecule has 0 fully saturated rings. The van der Waals surface area contributed by atoms with E-state index in [4.69, 9.17) is 0 Å². The molecule has 0 radical (unpaired) electrons. The van der Waals surface area contributed by atoms with Crippen molar-refractivity contribution in [1.82, 2.24) is 39.1 Å². The van der Waals surface area contributed by atoms with Gasteiger partial charge in [-0.05, 0) is 13.0 Å². The highest BCUT2D eigenvalue weighted by molar-refractivity contribution is 5.88. The normalized spacial score (nSPS) is 11.7. The van der Waals surface area contributed by atoms with Crippen LogP contribution in [0.15, 0.2) is 24.8 Å². The van der Waals surface area contributed by atoms with Gasteiger partial charge in [-0.25, -0.2) is 14.5 Å². The number of rotatable bonds is 2. The highest BCUT2D eigenvalue weighted by atomic mass is 15.4. The minimum absolute atomic E-state index is 0.544. The van der Waals surface area contributed by atoms with E-state index < -0.39 is 0 Å². The fourth-order valence-corrected chi connectivity index (χ4v) is 2.25. The summed E-state index contributed by atoms with van der Waals surface area (Å²) in [6, 6.07) is 1.96. The number of hydrogen-bond donors (Lipinski definition) is 0. The molecule has 8 nitrogen and oxygen atoms in total. The summed E-state index contributed by atoms with van der Waals surface area (Å²) in [5.41, 5.74) is 2.64. The monoisotopic (exact) mass is 268 g/mol. The van der Waals surface area contributed by atoms with Crippen LogP contribution in [-0.4, -0.2) is 39.1 Å². The van der Waals surface area contributed by atoms with Gasteiger partial charge in [0.1, 0.15) is 12.9 Å². The third kappa shape index (κ3) is 1.51. The number of fused-ring (bicyclic) bond motifs is 3. The Morgan fingerprint density at radius 2 is 2.10 bits per heavy atom. The number of aromatic nitrogens is 8. The fraction of sp³-hybridized carbons (Fsp3) is 0.250. The van der Waals surface area contributed by atoms with Gasteiger partial charge in [0.15, 0.2) is 17.1 Å². The van der Waals surface area contributed by atoms with Gasteiger partial charge in [-0.1, -0.05) is 0 Å². The third-order valence-electron chi connectivity index (χ3n) is 3.33. The summed E-state index contributed by atoms with van der Waals surface area (Å²) < 4.78 is 5.27. The van der Waals surface area contributed by atoms with Gasteiger partial charge in [0.05, 0.1) is 11.6 Å². The summed E-state index contributed by atoms with van der Waals surface area (Å²) in [5.74, 6) is 0.704. The quantitative estimate of drug-likeness (QED) is 0.531. The van der Waals surface area contributed by atoms with Gasteiger partial charge in [-0.15, -0.1) is 5.10 Å². The smallest absolute Gasteiger partial charge is 0.173 e. The van der Waals surface area contributed by atoms with E-state index in [9.17, 15) is 0 Å². The maximum Gasteiger partial charge on any atom is 0.173 e. The van der Waals surface area contributed by atoms with E-state index in [1.165, 1.54) is 0 Å². The lowest BCUT2D eigenvalue weighted by molar-refractivity contribution is 0.635. The summed E-state index contributed by atoms with van der Waals surface area (Å²) in [4.78, 5) is 8.90. The van der Waals surface area contributed by atoms with Gasteiger partial charge < -0.3 is 0 Å². The van der Waals surface area contributed by atoms with Crippen LogP contribution in [0.1, 0.15) is 11.5 Å². The molecule has 0 unspecified atom stereocenters. The van der Waals surface area contributed by atoms with Crippen LogP contribution in [0.5, 0.6) is 0 Å². The molecule has 4 aromatic rings. The zero-order chi connectivity index (χ0) is 13.7. The Morgan fingerprint density at radius 1 is 1.20 bits per heavy atom. The average molecular weight is 268 g/mol. The third-order valence-corrected chi connectivity index (χ3v) is 3.33. The Labute approximate surface area is 113 Å². The van der Waals surface area contributed by atoms with Crippen molar-refractivity contribution in [1.29, 1.82) is 0 Å². The second-order valence-corrected chi connectivity index (χ2v) is 4.68. The molecule has 4 rings (SSSR count). The van der Waals surface area contributed by atoms with E-state index in [0.29, 0.717) is 12.4 Å². The highest BCUT2D eigenvalue weighted by Gasteiger charge is 2.11. The first-order chi connectivity index (χ1) is 9.72. The molecule has 0 N–H and O–H groups in total. The van der Waals surface area contributed by atoms with E-state index in [0.717, 1.165) is 22.4 Å². The van der Waals surface area contributed by atoms with Crippen molar-refractivity contribution >= 4 is 16.7 Å². The van der Waals surface area contributed by atoms with Crippen LogP contribution in [0.25, 0.3) is 16.7 Å². The standard InChI is InChI=1S/C12H12N8/c1-8-3-4-14-19(8)6-10-16-12-9-5-15-18(2)11(9)13-7-20(12)17-10/h3-5,7H,6H2,1-2H3. The lowest BCUT2D eigenvalue weighted by Gasteiger charge is -1.98. The van der Waals surface area contributed by atoms with Crippen molar-refractivity contribution in [2.24, 2.45) is 7.05 Å². The van der Waals surface area contributed by atoms with Crippen LogP contribution in [0, 0.1) is 6.92 Å². The van der Waals surface area contributed by atoms with Crippen molar-refractivity contribution < 1.29 is 0 Å². The Morgan fingerprint density at radius 3 is 2.90 bits per heavy atom. The van der Waals surface area contributed by atoms with Gasteiger partial charge in [-0.2, -0.15) is 10.2 Å². The minimum atomic E-state index is 0.544. The zero-order valence-corrected chi connectivity index (χ0v) is 11.1. The Bertz CT molecular complexity index is 912. The van der Waals surface area contributed by atoms with Gasteiger partial charge in [0.2, 0.25) is 0 Å². The largest absolute Gasteiger partial charge is 0.262 e. The SMILES string of the molecule is Cc1ccnn1Cc1nc2c3cnn(C)c3ncn2n1. The first-order valence-corrected chi connectivity index (χ1v) is 6.23. The van der Waals surface area contributed by atoms with Gasteiger partial charge in [0.25, 0.3) is 0 Å². The van der Waals surface area contributed by atoms with E-state index in [1.54, 1.807) is 27.9 Å². The van der Waals surface area contributed by atoms with Gasteiger partial charge in [-0.3, -0.25) is 9.36 Å². The fourth-order valence-electron chi connectivity index (χ4n) is 2.25. The summed E-state index contributed by atoms with van der Waals surface area (Å²) in [6.45, 7) is 2.55. The van der Waals surface area contributed by atoms with Crippen molar-refractivity contribution in [3.8, 4) is 0 Å². The molecule has 4 aromatic heterocycles. The van der Waals surface area contributed by atoms with Crippen LogP contribution in [0.2, 0.25) is 0 Å². The van der Waals surface area contributed by atoms with Gasteiger partial charge >= 0.3 is 0 Å². The number of nitrogens with zero attached hydrogens (tertiary/aromatic N) is 8. The summed E-state index contributed by atoms with van der Waals surface area (Å²) in [7, 11) is 1.86. The summed E-state index contributed by atoms with van der Waals surface area (Å²) in [5, 5.41) is 13.8. The molecule has 0 aliphatic carbocycles. The van der Waals surface area contributed by atoms with E-state index in [1.807, 2.05) is 24.7 Å². The predicted molar refractivity (Wildman–Crippen MR) is 71.1 cm³/mol. The van der Waals surface area contributed by atoms with Crippen LogP contribution in [0.3, 0.4) is 0 Å². The Kier molecular flexibility index (Phi) is 2.14. The molecule has 0 saturated carbocycles. The topological polar surface area (TPSA) is 78.7 Å². The maximum absolute atomic E-state index is 4.57. The van der Waals surface area contributed by atoms with E-state index >= 15 is 0 Å². The molecule has 4 heterocycles. The van der Waals surface area contributed by atoms with Crippen LogP contribution in [-0.2, 0) is 13.6 Å². The highest BCUT2D eigenvalue weighted by Crippen LogP contribution is 2.15. The Hall–Kier alpha value is -2.77.